The maximum atomic E-state index is 5.52. The Balaban J connectivity index is 1.91. The minimum Gasteiger partial charge on any atom is -0.491 e. The first kappa shape index (κ1) is 13.0. The number of methoxy groups -OCH3 is 1. The van der Waals surface area contributed by atoms with Crippen molar-refractivity contribution in [2.24, 2.45) is 0 Å². The second-order valence-corrected chi connectivity index (χ2v) is 4.87. The zero-order chi connectivity index (χ0) is 12.6. The normalized spacial score (nSPS) is 10.3. The summed E-state index contributed by atoms with van der Waals surface area (Å²) in [7, 11) is 1.67. The number of benzene rings is 2. The van der Waals surface area contributed by atoms with Gasteiger partial charge >= 0.3 is 0 Å². The van der Waals surface area contributed by atoms with Crippen molar-refractivity contribution < 1.29 is 9.47 Å². The van der Waals surface area contributed by atoms with E-state index in [2.05, 4.69) is 24.3 Å². The number of hydrogen-bond donors (Lipinski definition) is 0. The second-order valence-electron chi connectivity index (χ2n) is 3.73. The third-order valence-electron chi connectivity index (χ3n) is 2.36. The molecule has 3 heteroatoms. The van der Waals surface area contributed by atoms with Gasteiger partial charge in [0.15, 0.2) is 0 Å². The van der Waals surface area contributed by atoms with Crippen molar-refractivity contribution in [2.75, 3.05) is 20.3 Å². The molecule has 0 bridgehead atoms. The van der Waals surface area contributed by atoms with Gasteiger partial charge in [0.2, 0.25) is 0 Å². The maximum absolute atomic E-state index is 5.52. The molecule has 0 aliphatic heterocycles. The van der Waals surface area contributed by atoms with E-state index in [0.29, 0.717) is 13.2 Å². The highest BCUT2D eigenvalue weighted by atomic mass is 32.2. The van der Waals surface area contributed by atoms with Crippen molar-refractivity contribution >= 4 is 11.8 Å². The molecule has 0 heterocycles. The van der Waals surface area contributed by atoms with Gasteiger partial charge in [-0.25, -0.2) is 0 Å². The monoisotopic (exact) mass is 260 g/mol. The van der Waals surface area contributed by atoms with Crippen LogP contribution in [-0.2, 0) is 4.74 Å². The summed E-state index contributed by atoms with van der Waals surface area (Å²) in [6.45, 7) is 1.20. The molecule has 0 atom stereocenters. The van der Waals surface area contributed by atoms with Gasteiger partial charge < -0.3 is 9.47 Å². The average Bonchev–Trinajstić information content (AvgIpc) is 2.42. The fourth-order valence-electron chi connectivity index (χ4n) is 1.47. The molecule has 0 saturated heterocycles. The van der Waals surface area contributed by atoms with Gasteiger partial charge in [-0.3, -0.25) is 0 Å². The lowest BCUT2D eigenvalue weighted by Crippen LogP contribution is -2.03. The van der Waals surface area contributed by atoms with Gasteiger partial charge in [-0.1, -0.05) is 30.0 Å². The van der Waals surface area contributed by atoms with Gasteiger partial charge in [0.25, 0.3) is 0 Å². The molecular weight excluding hydrogens is 244 g/mol. The van der Waals surface area contributed by atoms with E-state index in [1.807, 2.05) is 30.3 Å². The summed E-state index contributed by atoms with van der Waals surface area (Å²) in [5.74, 6) is 0.879. The predicted octanol–water partition coefficient (Wildman–Crippen LogP) is 3.86. The Morgan fingerprint density at radius 1 is 0.833 bits per heavy atom. The summed E-state index contributed by atoms with van der Waals surface area (Å²) in [6, 6.07) is 18.4. The van der Waals surface area contributed by atoms with Crippen LogP contribution in [0.4, 0.5) is 0 Å². The third-order valence-corrected chi connectivity index (χ3v) is 3.37. The zero-order valence-electron chi connectivity index (χ0n) is 10.3. The van der Waals surface area contributed by atoms with Crippen molar-refractivity contribution in [3.63, 3.8) is 0 Å². The van der Waals surface area contributed by atoms with Gasteiger partial charge in [0.05, 0.1) is 6.61 Å². The molecule has 94 valence electrons. The largest absolute Gasteiger partial charge is 0.491 e. The van der Waals surface area contributed by atoms with Gasteiger partial charge in [-0.2, -0.15) is 0 Å². The van der Waals surface area contributed by atoms with E-state index in [1.165, 1.54) is 9.79 Å². The van der Waals surface area contributed by atoms with Crippen LogP contribution >= 0.6 is 11.8 Å². The van der Waals surface area contributed by atoms with Crippen LogP contribution in [0.3, 0.4) is 0 Å². The van der Waals surface area contributed by atoms with Crippen molar-refractivity contribution in [3.05, 3.63) is 54.6 Å². The fourth-order valence-corrected chi connectivity index (χ4v) is 2.31. The molecule has 0 amide bonds. The molecule has 0 unspecified atom stereocenters. The SMILES string of the molecule is COCCOc1ccc(Sc2ccccc2)cc1. The molecule has 2 rings (SSSR count). The third kappa shape index (κ3) is 4.09. The maximum Gasteiger partial charge on any atom is 0.119 e. The van der Waals surface area contributed by atoms with Gasteiger partial charge in [0, 0.05) is 16.9 Å². The van der Waals surface area contributed by atoms with E-state index < -0.39 is 0 Å². The van der Waals surface area contributed by atoms with Crippen LogP contribution in [0.15, 0.2) is 64.4 Å². The molecule has 2 aromatic carbocycles. The summed E-state index contributed by atoms with van der Waals surface area (Å²) in [4.78, 5) is 2.45. The Hall–Kier alpha value is -1.45. The van der Waals surface area contributed by atoms with E-state index in [1.54, 1.807) is 18.9 Å². The molecule has 2 aromatic rings. The van der Waals surface area contributed by atoms with Crippen molar-refractivity contribution in [1.29, 1.82) is 0 Å². The summed E-state index contributed by atoms with van der Waals surface area (Å²) in [6.07, 6.45) is 0. The van der Waals surface area contributed by atoms with Crippen LogP contribution in [0.25, 0.3) is 0 Å². The van der Waals surface area contributed by atoms with Crippen LogP contribution in [0.2, 0.25) is 0 Å². The molecular formula is C15H16O2S. The molecule has 0 aliphatic carbocycles. The standard InChI is InChI=1S/C15H16O2S/c1-16-11-12-17-13-7-9-15(10-8-13)18-14-5-3-2-4-6-14/h2-10H,11-12H2,1H3. The first-order valence-electron chi connectivity index (χ1n) is 5.83. The lowest BCUT2D eigenvalue weighted by molar-refractivity contribution is 0.146. The first-order valence-corrected chi connectivity index (χ1v) is 6.65. The minimum atomic E-state index is 0.585. The van der Waals surface area contributed by atoms with Gasteiger partial charge in [0.1, 0.15) is 12.4 Å². The average molecular weight is 260 g/mol. The smallest absolute Gasteiger partial charge is 0.119 e. The van der Waals surface area contributed by atoms with E-state index in [9.17, 15) is 0 Å². The summed E-state index contributed by atoms with van der Waals surface area (Å²) in [5, 5.41) is 0. The predicted molar refractivity (Wildman–Crippen MR) is 74.4 cm³/mol. The van der Waals surface area contributed by atoms with Crippen molar-refractivity contribution in [3.8, 4) is 5.75 Å². The molecule has 0 aliphatic rings. The van der Waals surface area contributed by atoms with Crippen LogP contribution in [0.1, 0.15) is 0 Å². The highest BCUT2D eigenvalue weighted by Crippen LogP contribution is 2.28. The fraction of sp³-hybridized carbons (Fsp3) is 0.200. The van der Waals surface area contributed by atoms with Gasteiger partial charge in [-0.05, 0) is 36.4 Å². The highest BCUT2D eigenvalue weighted by Gasteiger charge is 1.98. The minimum absolute atomic E-state index is 0.585. The zero-order valence-corrected chi connectivity index (χ0v) is 11.2. The van der Waals surface area contributed by atoms with E-state index >= 15 is 0 Å². The second kappa shape index (κ2) is 7.09. The van der Waals surface area contributed by atoms with E-state index in [4.69, 9.17) is 9.47 Å². The Kier molecular flexibility index (Phi) is 5.12. The Bertz CT molecular complexity index is 454. The lowest BCUT2D eigenvalue weighted by atomic mass is 10.3. The Morgan fingerprint density at radius 2 is 1.50 bits per heavy atom. The molecule has 0 aromatic heterocycles. The van der Waals surface area contributed by atoms with Crippen LogP contribution in [-0.4, -0.2) is 20.3 Å². The van der Waals surface area contributed by atoms with Gasteiger partial charge in [-0.15, -0.1) is 0 Å². The molecule has 0 N–H and O–H groups in total. The molecule has 0 saturated carbocycles. The number of rotatable bonds is 6. The molecule has 18 heavy (non-hydrogen) atoms. The molecule has 2 nitrogen and oxygen atoms in total. The summed E-state index contributed by atoms with van der Waals surface area (Å²) < 4.78 is 10.5. The summed E-state index contributed by atoms with van der Waals surface area (Å²) in [5.41, 5.74) is 0. The Morgan fingerprint density at radius 3 is 2.17 bits per heavy atom. The van der Waals surface area contributed by atoms with Crippen LogP contribution in [0.5, 0.6) is 5.75 Å². The van der Waals surface area contributed by atoms with Crippen molar-refractivity contribution in [2.45, 2.75) is 9.79 Å². The van der Waals surface area contributed by atoms with E-state index in [-0.39, 0.29) is 0 Å². The van der Waals surface area contributed by atoms with Crippen molar-refractivity contribution in [1.82, 2.24) is 0 Å². The lowest BCUT2D eigenvalue weighted by Gasteiger charge is -2.06. The Labute approximate surface area is 112 Å². The topological polar surface area (TPSA) is 18.5 Å². The van der Waals surface area contributed by atoms with Crippen LogP contribution in [0, 0.1) is 0 Å². The first-order chi connectivity index (χ1) is 8.88. The molecule has 0 fully saturated rings. The van der Waals surface area contributed by atoms with E-state index in [0.717, 1.165) is 5.75 Å². The molecule has 0 spiro atoms. The summed E-state index contributed by atoms with van der Waals surface area (Å²) >= 11 is 1.74. The van der Waals surface area contributed by atoms with Crippen LogP contribution < -0.4 is 4.74 Å². The number of ether oxygens (including phenoxy) is 2. The highest BCUT2D eigenvalue weighted by molar-refractivity contribution is 7.99. The number of hydrogen-bond acceptors (Lipinski definition) is 3. The molecule has 0 radical (unpaired) electrons. The quantitative estimate of drug-likeness (QED) is 0.735.